The van der Waals surface area contributed by atoms with Gasteiger partial charge in [-0.25, -0.2) is 0 Å². The van der Waals surface area contributed by atoms with E-state index in [1.807, 2.05) is 48.5 Å². The Bertz CT molecular complexity index is 856. The van der Waals surface area contributed by atoms with Crippen molar-refractivity contribution in [3.8, 4) is 22.5 Å². The fourth-order valence-corrected chi connectivity index (χ4v) is 2.47. The van der Waals surface area contributed by atoms with Gasteiger partial charge in [-0.1, -0.05) is 0 Å². The van der Waals surface area contributed by atoms with Crippen LogP contribution in [0.1, 0.15) is 0 Å². The Morgan fingerprint density at radius 2 is 1.08 bits per heavy atom. The molecule has 0 aliphatic heterocycles. The predicted molar refractivity (Wildman–Crippen MR) is 98.2 cm³/mol. The molecule has 0 saturated heterocycles. The molecule has 4 heterocycles. The van der Waals surface area contributed by atoms with Crippen LogP contribution in [-0.4, -0.2) is 19.9 Å². The third-order valence-corrected chi connectivity index (χ3v) is 3.73. The third kappa shape index (κ3) is 3.50. The number of pyridine rings is 4. The van der Waals surface area contributed by atoms with E-state index in [-0.39, 0.29) is 0 Å². The molecule has 0 bridgehead atoms. The lowest BCUT2D eigenvalue weighted by Gasteiger charge is -2.08. The monoisotopic (exact) mass is 325 g/mol. The molecule has 0 amide bonds. The number of aromatic nitrogens is 4. The average molecular weight is 325 g/mol. The lowest BCUT2D eigenvalue weighted by atomic mass is 10.2. The topological polar surface area (TPSA) is 63.6 Å². The van der Waals surface area contributed by atoms with Crippen molar-refractivity contribution in [1.29, 1.82) is 0 Å². The highest BCUT2D eigenvalue weighted by Gasteiger charge is 2.02. The summed E-state index contributed by atoms with van der Waals surface area (Å²) in [5, 5.41) is 3.31. The maximum Gasteiger partial charge on any atom is 0.0719 e. The van der Waals surface area contributed by atoms with Crippen LogP contribution >= 0.6 is 0 Å². The SMILES string of the molecule is c1cncc(-c2ccc(Nc3ccc(-c4cccnc4)nc3)cn2)c1. The molecule has 5 nitrogen and oxygen atoms in total. The second kappa shape index (κ2) is 6.88. The van der Waals surface area contributed by atoms with Crippen molar-refractivity contribution in [1.82, 2.24) is 19.9 Å². The van der Waals surface area contributed by atoms with Crippen molar-refractivity contribution in [3.63, 3.8) is 0 Å². The fraction of sp³-hybridized carbons (Fsp3) is 0. The van der Waals surface area contributed by atoms with Crippen LogP contribution in [-0.2, 0) is 0 Å². The molecule has 0 spiro atoms. The molecule has 0 atom stereocenters. The van der Waals surface area contributed by atoms with E-state index in [1.54, 1.807) is 37.2 Å². The van der Waals surface area contributed by atoms with Crippen molar-refractivity contribution in [3.05, 3.63) is 85.7 Å². The molecule has 0 aromatic carbocycles. The molecule has 25 heavy (non-hydrogen) atoms. The summed E-state index contributed by atoms with van der Waals surface area (Å²) < 4.78 is 0. The van der Waals surface area contributed by atoms with Crippen LogP contribution in [0.3, 0.4) is 0 Å². The molecule has 0 aliphatic rings. The Morgan fingerprint density at radius 1 is 0.560 bits per heavy atom. The van der Waals surface area contributed by atoms with Crippen LogP contribution in [0.5, 0.6) is 0 Å². The Kier molecular flexibility index (Phi) is 4.12. The number of hydrogen-bond acceptors (Lipinski definition) is 5. The third-order valence-electron chi connectivity index (χ3n) is 3.73. The minimum atomic E-state index is 0.892. The van der Waals surface area contributed by atoms with Gasteiger partial charge in [0.15, 0.2) is 0 Å². The molecule has 0 saturated carbocycles. The molecule has 0 radical (unpaired) electrons. The Labute approximate surface area is 145 Å². The van der Waals surface area contributed by atoms with Gasteiger partial charge in [0.25, 0.3) is 0 Å². The van der Waals surface area contributed by atoms with Crippen LogP contribution in [0.4, 0.5) is 11.4 Å². The van der Waals surface area contributed by atoms with Gasteiger partial charge in [0, 0.05) is 35.9 Å². The second-order valence-corrected chi connectivity index (χ2v) is 5.47. The second-order valence-electron chi connectivity index (χ2n) is 5.47. The van der Waals surface area contributed by atoms with Gasteiger partial charge in [0.1, 0.15) is 0 Å². The zero-order valence-corrected chi connectivity index (χ0v) is 13.4. The maximum absolute atomic E-state index is 4.48. The summed E-state index contributed by atoms with van der Waals surface area (Å²) in [6, 6.07) is 15.7. The van der Waals surface area contributed by atoms with E-state index in [1.165, 1.54) is 0 Å². The van der Waals surface area contributed by atoms with Gasteiger partial charge in [-0.15, -0.1) is 0 Å². The predicted octanol–water partition coefficient (Wildman–Crippen LogP) is 4.34. The molecule has 1 N–H and O–H groups in total. The standard InChI is InChI=1S/C20H15N5/c1-3-15(11-21-9-1)19-7-5-17(13-23-19)25-18-6-8-20(24-14-18)16-4-2-10-22-12-16/h1-14,25H. The number of rotatable bonds is 4. The molecule has 0 fully saturated rings. The van der Waals surface area contributed by atoms with Gasteiger partial charge in [0.2, 0.25) is 0 Å². The quantitative estimate of drug-likeness (QED) is 0.604. The van der Waals surface area contributed by atoms with E-state index in [4.69, 9.17) is 0 Å². The number of anilines is 2. The summed E-state index contributed by atoms with van der Waals surface area (Å²) in [7, 11) is 0. The lowest BCUT2D eigenvalue weighted by molar-refractivity contribution is 1.26. The van der Waals surface area contributed by atoms with Crippen molar-refractivity contribution in [2.24, 2.45) is 0 Å². The minimum absolute atomic E-state index is 0.892. The fourth-order valence-electron chi connectivity index (χ4n) is 2.47. The Morgan fingerprint density at radius 3 is 1.44 bits per heavy atom. The molecule has 0 aliphatic carbocycles. The van der Waals surface area contributed by atoms with Crippen LogP contribution in [0, 0.1) is 0 Å². The first-order valence-electron chi connectivity index (χ1n) is 7.88. The van der Waals surface area contributed by atoms with Gasteiger partial charge in [0.05, 0.1) is 35.2 Å². The molecular weight excluding hydrogens is 310 g/mol. The first-order chi connectivity index (χ1) is 12.4. The lowest BCUT2D eigenvalue weighted by Crippen LogP contribution is -1.93. The minimum Gasteiger partial charge on any atom is -0.353 e. The summed E-state index contributed by atoms with van der Waals surface area (Å²) in [4.78, 5) is 17.2. The summed E-state index contributed by atoms with van der Waals surface area (Å²) in [6.07, 6.45) is 10.7. The first-order valence-corrected chi connectivity index (χ1v) is 7.88. The van der Waals surface area contributed by atoms with Crippen LogP contribution < -0.4 is 5.32 Å². The van der Waals surface area contributed by atoms with E-state index < -0.39 is 0 Å². The van der Waals surface area contributed by atoms with Gasteiger partial charge in [-0.3, -0.25) is 19.9 Å². The highest BCUT2D eigenvalue weighted by atomic mass is 14.9. The smallest absolute Gasteiger partial charge is 0.0719 e. The zero-order valence-electron chi connectivity index (χ0n) is 13.4. The Hall–Kier alpha value is -3.60. The summed E-state index contributed by atoms with van der Waals surface area (Å²) in [5.41, 5.74) is 5.59. The molecule has 4 aromatic heterocycles. The van der Waals surface area contributed by atoms with Gasteiger partial charge in [-0.05, 0) is 48.5 Å². The molecule has 4 aromatic rings. The summed E-state index contributed by atoms with van der Waals surface area (Å²) in [5.74, 6) is 0. The van der Waals surface area contributed by atoms with Crippen molar-refractivity contribution in [2.45, 2.75) is 0 Å². The van der Waals surface area contributed by atoms with Crippen LogP contribution in [0.15, 0.2) is 85.7 Å². The molecule has 4 rings (SSSR count). The summed E-state index contributed by atoms with van der Waals surface area (Å²) in [6.45, 7) is 0. The number of nitrogens with one attached hydrogen (secondary N) is 1. The van der Waals surface area contributed by atoms with E-state index in [9.17, 15) is 0 Å². The van der Waals surface area contributed by atoms with Crippen LogP contribution in [0.2, 0.25) is 0 Å². The van der Waals surface area contributed by atoms with Crippen molar-refractivity contribution < 1.29 is 0 Å². The van der Waals surface area contributed by atoms with Crippen molar-refractivity contribution in [2.75, 3.05) is 5.32 Å². The maximum atomic E-state index is 4.48. The molecular formula is C20H15N5. The van der Waals surface area contributed by atoms with Gasteiger partial charge >= 0.3 is 0 Å². The number of nitrogens with zero attached hydrogens (tertiary/aromatic N) is 4. The van der Waals surface area contributed by atoms with E-state index in [2.05, 4.69) is 25.3 Å². The Balaban J connectivity index is 1.49. The zero-order chi connectivity index (χ0) is 16.9. The van der Waals surface area contributed by atoms with Crippen molar-refractivity contribution >= 4 is 11.4 Å². The van der Waals surface area contributed by atoms with Gasteiger partial charge in [-0.2, -0.15) is 0 Å². The average Bonchev–Trinajstić information content (AvgIpc) is 2.71. The normalized spacial score (nSPS) is 10.4. The van der Waals surface area contributed by atoms with E-state index >= 15 is 0 Å². The molecule has 5 heteroatoms. The van der Waals surface area contributed by atoms with Crippen LogP contribution in [0.25, 0.3) is 22.5 Å². The number of hydrogen-bond donors (Lipinski definition) is 1. The first kappa shape index (κ1) is 15.0. The highest BCUT2D eigenvalue weighted by molar-refractivity contribution is 5.65. The molecule has 120 valence electrons. The van der Waals surface area contributed by atoms with E-state index in [0.717, 1.165) is 33.9 Å². The van der Waals surface area contributed by atoms with E-state index in [0.29, 0.717) is 0 Å². The van der Waals surface area contributed by atoms with Gasteiger partial charge < -0.3 is 5.32 Å². The highest BCUT2D eigenvalue weighted by Crippen LogP contribution is 2.21. The molecule has 0 unspecified atom stereocenters. The summed E-state index contributed by atoms with van der Waals surface area (Å²) >= 11 is 0. The largest absolute Gasteiger partial charge is 0.353 e.